The lowest BCUT2D eigenvalue weighted by molar-refractivity contribution is 0.0670. The lowest BCUT2D eigenvalue weighted by atomic mass is 9.92. The van der Waals surface area contributed by atoms with E-state index in [1.54, 1.807) is 6.92 Å². The molecule has 0 unspecified atom stereocenters. The molecule has 3 rings (SSSR count). The molecule has 0 spiro atoms. The minimum atomic E-state index is 0.0438. The van der Waals surface area contributed by atoms with Crippen LogP contribution in [-0.4, -0.2) is 39.3 Å². The van der Waals surface area contributed by atoms with Crippen molar-refractivity contribution in [3.05, 3.63) is 34.5 Å². The van der Waals surface area contributed by atoms with E-state index in [-0.39, 0.29) is 5.91 Å². The molecular weight excluding hydrogens is 280 g/mol. The van der Waals surface area contributed by atoms with Gasteiger partial charge in [0, 0.05) is 18.8 Å². The van der Waals surface area contributed by atoms with Crippen molar-refractivity contribution in [1.82, 2.24) is 20.3 Å². The monoisotopic (exact) mass is 302 g/mol. The summed E-state index contributed by atoms with van der Waals surface area (Å²) in [6.45, 7) is 7.26. The number of H-pyrrole nitrogens is 1. The summed E-state index contributed by atoms with van der Waals surface area (Å²) in [6.07, 6.45) is 4.97. The molecule has 118 valence electrons. The average Bonchev–Trinajstić information content (AvgIpc) is 3.05. The van der Waals surface area contributed by atoms with Crippen LogP contribution in [-0.2, 0) is 6.42 Å². The molecule has 0 radical (unpaired) electrons. The van der Waals surface area contributed by atoms with E-state index in [2.05, 4.69) is 22.3 Å². The number of carbonyl (C=O) groups is 1. The Kier molecular flexibility index (Phi) is 4.00. The number of rotatable bonds is 3. The summed E-state index contributed by atoms with van der Waals surface area (Å²) in [6, 6.07) is 0. The molecule has 0 aliphatic carbocycles. The van der Waals surface area contributed by atoms with Crippen molar-refractivity contribution in [3.63, 3.8) is 0 Å². The van der Waals surface area contributed by atoms with Gasteiger partial charge in [0.05, 0.1) is 11.9 Å². The zero-order chi connectivity index (χ0) is 15.7. The van der Waals surface area contributed by atoms with Crippen LogP contribution in [0.1, 0.15) is 45.9 Å². The maximum Gasteiger partial charge on any atom is 0.259 e. The Balaban J connectivity index is 1.70. The molecule has 2 aromatic rings. The van der Waals surface area contributed by atoms with E-state index < -0.39 is 0 Å². The third kappa shape index (κ3) is 2.77. The molecule has 6 heteroatoms. The van der Waals surface area contributed by atoms with Gasteiger partial charge in [-0.2, -0.15) is 5.10 Å². The summed E-state index contributed by atoms with van der Waals surface area (Å²) in [7, 11) is 0. The van der Waals surface area contributed by atoms with Crippen LogP contribution >= 0.6 is 0 Å². The number of amides is 1. The highest BCUT2D eigenvalue weighted by molar-refractivity contribution is 5.96. The van der Waals surface area contributed by atoms with E-state index in [0.717, 1.165) is 32.4 Å². The lowest BCUT2D eigenvalue weighted by Crippen LogP contribution is -2.41. The first-order valence-electron chi connectivity index (χ1n) is 7.77. The number of carbonyl (C=O) groups excluding carboxylic acids is 1. The number of piperidine rings is 1. The fourth-order valence-corrected chi connectivity index (χ4v) is 3.23. The Labute approximate surface area is 129 Å². The first kappa shape index (κ1) is 14.8. The average molecular weight is 302 g/mol. The van der Waals surface area contributed by atoms with Crippen LogP contribution in [0.4, 0.5) is 0 Å². The SMILES string of the molecule is Cc1cn[nH]c1C[C@@H]1CCCN(C(=O)c2c(C)noc2C)C1. The van der Waals surface area contributed by atoms with Crippen LogP contribution in [0.25, 0.3) is 0 Å². The van der Waals surface area contributed by atoms with Gasteiger partial charge in [0.1, 0.15) is 11.3 Å². The van der Waals surface area contributed by atoms with Gasteiger partial charge in [0.2, 0.25) is 0 Å². The molecule has 22 heavy (non-hydrogen) atoms. The number of likely N-dealkylation sites (tertiary alicyclic amines) is 1. The van der Waals surface area contributed by atoms with Gasteiger partial charge >= 0.3 is 0 Å². The number of aryl methyl sites for hydroxylation is 3. The van der Waals surface area contributed by atoms with Gasteiger partial charge in [-0.3, -0.25) is 9.89 Å². The predicted octanol–water partition coefficient (Wildman–Crippen LogP) is 2.42. The molecular formula is C16H22N4O2. The van der Waals surface area contributed by atoms with Gasteiger partial charge in [0.25, 0.3) is 5.91 Å². The lowest BCUT2D eigenvalue weighted by Gasteiger charge is -2.32. The van der Waals surface area contributed by atoms with Crippen LogP contribution in [0, 0.1) is 26.7 Å². The summed E-state index contributed by atoms with van der Waals surface area (Å²) in [5.74, 6) is 1.12. The molecule has 1 atom stereocenters. The molecule has 0 aromatic carbocycles. The number of aromatic amines is 1. The second kappa shape index (κ2) is 5.94. The second-order valence-corrected chi connectivity index (χ2v) is 6.19. The maximum absolute atomic E-state index is 12.7. The Morgan fingerprint density at radius 3 is 2.91 bits per heavy atom. The first-order valence-corrected chi connectivity index (χ1v) is 7.77. The molecule has 1 amide bonds. The fourth-order valence-electron chi connectivity index (χ4n) is 3.23. The summed E-state index contributed by atoms with van der Waals surface area (Å²) >= 11 is 0. The van der Waals surface area contributed by atoms with E-state index >= 15 is 0 Å². The summed E-state index contributed by atoms with van der Waals surface area (Å²) in [5, 5.41) is 11.0. The van der Waals surface area contributed by atoms with Crippen molar-refractivity contribution in [2.24, 2.45) is 5.92 Å². The second-order valence-electron chi connectivity index (χ2n) is 6.19. The molecule has 0 saturated carbocycles. The van der Waals surface area contributed by atoms with Crippen LogP contribution in [0.15, 0.2) is 10.7 Å². The van der Waals surface area contributed by atoms with Crippen molar-refractivity contribution >= 4 is 5.91 Å². The van der Waals surface area contributed by atoms with Crippen molar-refractivity contribution in [2.45, 2.75) is 40.0 Å². The van der Waals surface area contributed by atoms with Crippen molar-refractivity contribution < 1.29 is 9.32 Å². The minimum absolute atomic E-state index is 0.0438. The van der Waals surface area contributed by atoms with Crippen molar-refractivity contribution in [3.8, 4) is 0 Å². The van der Waals surface area contributed by atoms with E-state index in [0.29, 0.717) is 22.9 Å². The van der Waals surface area contributed by atoms with E-state index in [1.807, 2.05) is 18.0 Å². The molecule has 2 aromatic heterocycles. The standard InChI is InChI=1S/C16H22N4O2/c1-10-8-17-18-14(10)7-13-5-4-6-20(9-13)16(21)15-11(2)19-22-12(15)3/h8,13H,4-7,9H2,1-3H3,(H,17,18)/t13-/m0/s1. The van der Waals surface area contributed by atoms with Crippen LogP contribution in [0.5, 0.6) is 0 Å². The molecule has 0 bridgehead atoms. The van der Waals surface area contributed by atoms with E-state index in [9.17, 15) is 4.79 Å². The Morgan fingerprint density at radius 1 is 1.45 bits per heavy atom. The zero-order valence-electron chi connectivity index (χ0n) is 13.3. The van der Waals surface area contributed by atoms with Gasteiger partial charge in [-0.15, -0.1) is 0 Å². The Hall–Kier alpha value is -2.11. The Morgan fingerprint density at radius 2 is 2.27 bits per heavy atom. The molecule has 3 heterocycles. The largest absolute Gasteiger partial charge is 0.361 e. The Bertz CT molecular complexity index is 654. The van der Waals surface area contributed by atoms with Gasteiger partial charge in [-0.1, -0.05) is 5.16 Å². The van der Waals surface area contributed by atoms with Crippen molar-refractivity contribution in [2.75, 3.05) is 13.1 Å². The van der Waals surface area contributed by atoms with E-state index in [4.69, 9.17) is 4.52 Å². The maximum atomic E-state index is 12.7. The highest BCUT2D eigenvalue weighted by Crippen LogP contribution is 2.24. The van der Waals surface area contributed by atoms with Crippen LogP contribution in [0.3, 0.4) is 0 Å². The van der Waals surface area contributed by atoms with Crippen LogP contribution in [0.2, 0.25) is 0 Å². The molecule has 1 fully saturated rings. The number of nitrogens with one attached hydrogen (secondary N) is 1. The van der Waals surface area contributed by atoms with Gasteiger partial charge in [0.15, 0.2) is 0 Å². The smallest absolute Gasteiger partial charge is 0.259 e. The number of aromatic nitrogens is 3. The molecule has 1 N–H and O–H groups in total. The number of nitrogens with zero attached hydrogens (tertiary/aromatic N) is 3. The normalized spacial score (nSPS) is 18.7. The van der Waals surface area contributed by atoms with Gasteiger partial charge < -0.3 is 9.42 Å². The van der Waals surface area contributed by atoms with Crippen molar-refractivity contribution in [1.29, 1.82) is 0 Å². The summed E-state index contributed by atoms with van der Waals surface area (Å²) in [4.78, 5) is 14.7. The fraction of sp³-hybridized carbons (Fsp3) is 0.562. The topological polar surface area (TPSA) is 75.0 Å². The third-order valence-corrected chi connectivity index (χ3v) is 4.48. The third-order valence-electron chi connectivity index (χ3n) is 4.48. The summed E-state index contributed by atoms with van der Waals surface area (Å²) < 4.78 is 5.12. The minimum Gasteiger partial charge on any atom is -0.361 e. The highest BCUT2D eigenvalue weighted by atomic mass is 16.5. The first-order chi connectivity index (χ1) is 10.6. The number of hydrogen-bond acceptors (Lipinski definition) is 4. The number of hydrogen-bond donors (Lipinski definition) is 1. The van der Waals surface area contributed by atoms with Crippen LogP contribution < -0.4 is 0 Å². The zero-order valence-corrected chi connectivity index (χ0v) is 13.3. The predicted molar refractivity (Wildman–Crippen MR) is 81.6 cm³/mol. The summed E-state index contributed by atoms with van der Waals surface area (Å²) in [5.41, 5.74) is 3.67. The molecule has 1 aliphatic heterocycles. The van der Waals surface area contributed by atoms with Gasteiger partial charge in [-0.25, -0.2) is 0 Å². The molecule has 1 saturated heterocycles. The molecule has 1 aliphatic rings. The molecule has 6 nitrogen and oxygen atoms in total. The van der Waals surface area contributed by atoms with Gasteiger partial charge in [-0.05, 0) is 51.5 Å². The highest BCUT2D eigenvalue weighted by Gasteiger charge is 2.28. The van der Waals surface area contributed by atoms with E-state index in [1.165, 1.54) is 11.3 Å². The quantitative estimate of drug-likeness (QED) is 0.944.